The van der Waals surface area contributed by atoms with Crippen LogP contribution >= 0.6 is 11.3 Å². The van der Waals surface area contributed by atoms with Gasteiger partial charge in [-0.15, -0.1) is 11.3 Å². The van der Waals surface area contributed by atoms with Crippen molar-refractivity contribution >= 4 is 28.2 Å². The average Bonchev–Trinajstić information content (AvgIpc) is 3.13. The molecule has 0 saturated carbocycles. The van der Waals surface area contributed by atoms with Crippen molar-refractivity contribution in [3.63, 3.8) is 0 Å². The minimum absolute atomic E-state index is 0.0882. The Labute approximate surface area is 140 Å². The van der Waals surface area contributed by atoms with Crippen LogP contribution in [0, 0.1) is 12.8 Å². The summed E-state index contributed by atoms with van der Waals surface area (Å²) in [7, 11) is 0. The molecule has 0 radical (unpaired) electrons. The third kappa shape index (κ3) is 4.96. The molecule has 0 aliphatic rings. The molecule has 2 heterocycles. The van der Waals surface area contributed by atoms with Gasteiger partial charge in [0, 0.05) is 6.54 Å². The number of carbonyl (C=O) groups is 2. The van der Waals surface area contributed by atoms with Crippen LogP contribution in [0.15, 0.2) is 28.9 Å². The van der Waals surface area contributed by atoms with E-state index in [0.717, 1.165) is 18.4 Å². The van der Waals surface area contributed by atoms with E-state index in [1.807, 2.05) is 6.92 Å². The smallest absolute Gasteiger partial charge is 0.291 e. The highest BCUT2D eigenvalue weighted by Crippen LogP contribution is 2.27. The SMILES string of the molecule is Cc1cc(NC(=O)c2ccco2)sc1C(=O)NCCCC(C)C. The molecular weight excluding hydrogens is 312 g/mol. The number of hydrogen-bond acceptors (Lipinski definition) is 4. The Kier molecular flexibility index (Phi) is 5.98. The molecule has 0 unspecified atom stereocenters. The van der Waals surface area contributed by atoms with E-state index in [9.17, 15) is 9.59 Å². The Balaban J connectivity index is 1.92. The van der Waals surface area contributed by atoms with Crippen LogP contribution in [0.2, 0.25) is 0 Å². The van der Waals surface area contributed by atoms with Crippen molar-refractivity contribution in [1.29, 1.82) is 0 Å². The van der Waals surface area contributed by atoms with E-state index in [4.69, 9.17) is 4.42 Å². The van der Waals surface area contributed by atoms with E-state index < -0.39 is 0 Å². The monoisotopic (exact) mass is 334 g/mol. The number of furan rings is 1. The molecule has 2 rings (SSSR count). The summed E-state index contributed by atoms with van der Waals surface area (Å²) >= 11 is 1.27. The zero-order chi connectivity index (χ0) is 16.8. The molecule has 0 saturated heterocycles. The Morgan fingerprint density at radius 2 is 2.09 bits per heavy atom. The fourth-order valence-corrected chi connectivity index (χ4v) is 3.13. The summed E-state index contributed by atoms with van der Waals surface area (Å²) in [6.45, 7) is 6.86. The van der Waals surface area contributed by atoms with Crippen LogP contribution in [0.4, 0.5) is 5.00 Å². The summed E-state index contributed by atoms with van der Waals surface area (Å²) in [6, 6.07) is 5.05. The summed E-state index contributed by atoms with van der Waals surface area (Å²) in [5, 5.41) is 6.31. The number of nitrogens with one attached hydrogen (secondary N) is 2. The van der Waals surface area contributed by atoms with E-state index in [1.165, 1.54) is 17.6 Å². The molecule has 2 aromatic heterocycles. The maximum atomic E-state index is 12.2. The van der Waals surface area contributed by atoms with Gasteiger partial charge in [0.05, 0.1) is 16.1 Å². The molecule has 124 valence electrons. The fraction of sp³-hybridized carbons (Fsp3) is 0.412. The molecular formula is C17H22N2O3S. The lowest BCUT2D eigenvalue weighted by Gasteiger charge is -2.06. The second-order valence-electron chi connectivity index (χ2n) is 5.85. The summed E-state index contributed by atoms with van der Waals surface area (Å²) in [4.78, 5) is 24.8. The summed E-state index contributed by atoms with van der Waals surface area (Å²) < 4.78 is 5.05. The van der Waals surface area contributed by atoms with Crippen molar-refractivity contribution in [2.24, 2.45) is 5.92 Å². The van der Waals surface area contributed by atoms with Crippen LogP contribution in [0.1, 0.15) is 52.5 Å². The number of anilines is 1. The van der Waals surface area contributed by atoms with Crippen LogP contribution in [0.3, 0.4) is 0 Å². The van der Waals surface area contributed by atoms with E-state index in [1.54, 1.807) is 18.2 Å². The van der Waals surface area contributed by atoms with Crippen LogP contribution in [0.25, 0.3) is 0 Å². The molecule has 0 aliphatic carbocycles. The van der Waals surface area contributed by atoms with Crippen molar-refractivity contribution in [2.45, 2.75) is 33.6 Å². The van der Waals surface area contributed by atoms with Crippen LogP contribution < -0.4 is 10.6 Å². The first-order valence-corrected chi connectivity index (χ1v) is 8.52. The van der Waals surface area contributed by atoms with Gasteiger partial charge in [-0.2, -0.15) is 0 Å². The van der Waals surface area contributed by atoms with Crippen molar-refractivity contribution in [2.75, 3.05) is 11.9 Å². The number of hydrogen-bond donors (Lipinski definition) is 2. The highest BCUT2D eigenvalue weighted by Gasteiger charge is 2.16. The molecule has 0 bridgehead atoms. The maximum Gasteiger partial charge on any atom is 0.291 e. The highest BCUT2D eigenvalue weighted by molar-refractivity contribution is 7.18. The van der Waals surface area contributed by atoms with Gasteiger partial charge in [-0.25, -0.2) is 0 Å². The predicted molar refractivity (Wildman–Crippen MR) is 92.1 cm³/mol. The molecule has 2 N–H and O–H groups in total. The maximum absolute atomic E-state index is 12.2. The minimum Gasteiger partial charge on any atom is -0.459 e. The molecule has 23 heavy (non-hydrogen) atoms. The zero-order valence-corrected chi connectivity index (χ0v) is 14.5. The number of aryl methyl sites for hydroxylation is 1. The summed E-state index contributed by atoms with van der Waals surface area (Å²) in [5.74, 6) is 0.476. The molecule has 0 spiro atoms. The highest BCUT2D eigenvalue weighted by atomic mass is 32.1. The van der Waals surface area contributed by atoms with E-state index in [0.29, 0.717) is 22.3 Å². The standard InChI is InChI=1S/C17H22N2O3S/c1-11(2)6-4-8-18-17(21)15-12(3)10-14(23-15)19-16(20)13-7-5-9-22-13/h5,7,9-11H,4,6,8H2,1-3H3,(H,18,21)(H,19,20). The lowest BCUT2D eigenvalue weighted by Crippen LogP contribution is -2.24. The first-order valence-electron chi connectivity index (χ1n) is 7.71. The van der Waals surface area contributed by atoms with Crippen LogP contribution in [-0.4, -0.2) is 18.4 Å². The number of amides is 2. The second kappa shape index (κ2) is 7.97. The topological polar surface area (TPSA) is 71.3 Å². The average molecular weight is 334 g/mol. The van der Waals surface area contributed by atoms with Gasteiger partial charge in [0.15, 0.2) is 5.76 Å². The first-order chi connectivity index (χ1) is 11.0. The molecule has 2 aromatic rings. The Morgan fingerprint density at radius 3 is 2.74 bits per heavy atom. The van der Waals surface area contributed by atoms with E-state index in [2.05, 4.69) is 24.5 Å². The first kappa shape index (κ1) is 17.3. The van der Waals surface area contributed by atoms with E-state index in [-0.39, 0.29) is 17.6 Å². The molecule has 2 amide bonds. The van der Waals surface area contributed by atoms with Gasteiger partial charge in [0.2, 0.25) is 0 Å². The van der Waals surface area contributed by atoms with Gasteiger partial charge in [-0.1, -0.05) is 13.8 Å². The predicted octanol–water partition coefficient (Wildman–Crippen LogP) is 4.07. The largest absolute Gasteiger partial charge is 0.459 e. The molecule has 6 heteroatoms. The zero-order valence-electron chi connectivity index (χ0n) is 13.6. The van der Waals surface area contributed by atoms with Gasteiger partial charge in [-0.3, -0.25) is 9.59 Å². The quantitative estimate of drug-likeness (QED) is 0.750. The summed E-state index contributed by atoms with van der Waals surface area (Å²) in [6.07, 6.45) is 3.51. The second-order valence-corrected chi connectivity index (χ2v) is 6.90. The van der Waals surface area contributed by atoms with Gasteiger partial charge >= 0.3 is 0 Å². The Bertz CT molecular complexity index is 659. The van der Waals surface area contributed by atoms with Gasteiger partial charge in [0.25, 0.3) is 11.8 Å². The molecule has 0 fully saturated rings. The number of thiophene rings is 1. The van der Waals surface area contributed by atoms with Crippen LogP contribution in [0.5, 0.6) is 0 Å². The van der Waals surface area contributed by atoms with Crippen molar-refractivity contribution in [3.05, 3.63) is 40.7 Å². The third-order valence-electron chi connectivity index (χ3n) is 3.35. The Morgan fingerprint density at radius 1 is 1.30 bits per heavy atom. The minimum atomic E-state index is -0.319. The van der Waals surface area contributed by atoms with Gasteiger partial charge in [0.1, 0.15) is 0 Å². The van der Waals surface area contributed by atoms with Gasteiger partial charge < -0.3 is 15.1 Å². The fourth-order valence-electron chi connectivity index (χ4n) is 2.14. The van der Waals surface area contributed by atoms with Crippen molar-refractivity contribution < 1.29 is 14.0 Å². The lowest BCUT2D eigenvalue weighted by molar-refractivity contribution is 0.0954. The normalized spacial score (nSPS) is 10.8. The van der Waals surface area contributed by atoms with Crippen molar-refractivity contribution in [1.82, 2.24) is 5.32 Å². The molecule has 0 aromatic carbocycles. The number of rotatable bonds is 7. The number of carbonyl (C=O) groups excluding carboxylic acids is 2. The Hall–Kier alpha value is -2.08. The third-order valence-corrected chi connectivity index (χ3v) is 4.50. The van der Waals surface area contributed by atoms with E-state index >= 15 is 0 Å². The van der Waals surface area contributed by atoms with Gasteiger partial charge in [-0.05, 0) is 49.4 Å². The lowest BCUT2D eigenvalue weighted by atomic mass is 10.1. The molecule has 0 aliphatic heterocycles. The van der Waals surface area contributed by atoms with Crippen molar-refractivity contribution in [3.8, 4) is 0 Å². The van der Waals surface area contributed by atoms with Crippen LogP contribution in [-0.2, 0) is 0 Å². The summed E-state index contributed by atoms with van der Waals surface area (Å²) in [5.41, 5.74) is 0.853. The molecule has 0 atom stereocenters. The molecule has 5 nitrogen and oxygen atoms in total.